The summed E-state index contributed by atoms with van der Waals surface area (Å²) in [4.78, 5) is 8.89. The average molecular weight is 334 g/mol. The molecule has 0 aliphatic carbocycles. The van der Waals surface area contributed by atoms with E-state index in [1.54, 1.807) is 12.3 Å². The van der Waals surface area contributed by atoms with Crippen molar-refractivity contribution in [3.05, 3.63) is 78.5 Å². The van der Waals surface area contributed by atoms with Gasteiger partial charge in [-0.2, -0.15) is 0 Å². The molecule has 5 nitrogen and oxygen atoms in total. The lowest BCUT2D eigenvalue weighted by molar-refractivity contribution is 0.159. The first kappa shape index (κ1) is 17.1. The Morgan fingerprint density at radius 3 is 2.32 bits per heavy atom. The maximum absolute atomic E-state index is 10.3. The van der Waals surface area contributed by atoms with Gasteiger partial charge in [-0.05, 0) is 18.1 Å². The van der Waals surface area contributed by atoms with Crippen molar-refractivity contribution >= 4 is 5.82 Å². The van der Waals surface area contributed by atoms with E-state index < -0.39 is 6.10 Å². The third-order valence-corrected chi connectivity index (χ3v) is 4.03. The smallest absolute Gasteiger partial charge is 0.161 e. The number of hydrogen-bond donors (Lipinski definition) is 3. The maximum Gasteiger partial charge on any atom is 0.161 e. The zero-order chi connectivity index (χ0) is 17.5. The van der Waals surface area contributed by atoms with Crippen molar-refractivity contribution in [2.75, 3.05) is 11.9 Å². The van der Waals surface area contributed by atoms with Crippen LogP contribution in [-0.4, -0.2) is 33.8 Å². The Hall–Kier alpha value is -2.76. The Bertz CT molecular complexity index is 780. The number of anilines is 1. The van der Waals surface area contributed by atoms with Crippen LogP contribution in [0.1, 0.15) is 5.56 Å². The van der Waals surface area contributed by atoms with E-state index in [-0.39, 0.29) is 12.6 Å². The summed E-state index contributed by atoms with van der Waals surface area (Å²) in [6.45, 7) is 0.182. The number of benzene rings is 2. The molecular formula is C20H22N4O. The van der Waals surface area contributed by atoms with Gasteiger partial charge in [0.2, 0.25) is 0 Å². The molecule has 0 spiro atoms. The highest BCUT2D eigenvalue weighted by Crippen LogP contribution is 2.17. The molecule has 3 aromatic rings. The van der Waals surface area contributed by atoms with E-state index in [0.717, 1.165) is 11.1 Å². The number of rotatable bonds is 7. The summed E-state index contributed by atoms with van der Waals surface area (Å²) in [5.41, 5.74) is 7.76. The topological polar surface area (TPSA) is 84.1 Å². The lowest BCUT2D eigenvalue weighted by atomic mass is 10.0. The van der Waals surface area contributed by atoms with Crippen molar-refractivity contribution in [1.29, 1.82) is 0 Å². The first-order valence-corrected chi connectivity index (χ1v) is 8.33. The van der Waals surface area contributed by atoms with Gasteiger partial charge in [0.05, 0.1) is 12.1 Å². The number of aliphatic hydroxyl groups excluding tert-OH is 1. The fraction of sp³-hybridized carbons (Fsp3) is 0.200. The number of nitrogens with zero attached hydrogens (tertiary/aromatic N) is 2. The third-order valence-electron chi connectivity index (χ3n) is 4.03. The molecule has 1 heterocycles. The first-order valence-electron chi connectivity index (χ1n) is 8.33. The molecule has 0 saturated heterocycles. The molecule has 2 aromatic carbocycles. The minimum Gasteiger partial charge on any atom is -0.390 e. The van der Waals surface area contributed by atoms with Crippen LogP contribution in [0, 0.1) is 0 Å². The number of aromatic nitrogens is 2. The van der Waals surface area contributed by atoms with Crippen LogP contribution in [0.25, 0.3) is 11.4 Å². The number of nitrogens with one attached hydrogen (secondary N) is 1. The van der Waals surface area contributed by atoms with Gasteiger partial charge in [0.1, 0.15) is 5.82 Å². The van der Waals surface area contributed by atoms with E-state index in [0.29, 0.717) is 18.1 Å². The van der Waals surface area contributed by atoms with E-state index >= 15 is 0 Å². The predicted octanol–water partition coefficient (Wildman–Crippen LogP) is 2.49. The van der Waals surface area contributed by atoms with Gasteiger partial charge in [0, 0.05) is 18.3 Å². The average Bonchev–Trinajstić information content (AvgIpc) is 2.68. The minimum atomic E-state index is -0.671. The molecule has 3 rings (SSSR count). The first-order chi connectivity index (χ1) is 12.3. The molecule has 0 aliphatic heterocycles. The van der Waals surface area contributed by atoms with E-state index in [1.807, 2.05) is 60.7 Å². The molecule has 0 bridgehead atoms. The second kappa shape index (κ2) is 8.37. The molecule has 0 fully saturated rings. The van der Waals surface area contributed by atoms with E-state index in [9.17, 15) is 5.11 Å². The summed E-state index contributed by atoms with van der Waals surface area (Å²) in [7, 11) is 0. The predicted molar refractivity (Wildman–Crippen MR) is 100 cm³/mol. The standard InChI is InChI=1S/C20H22N4O/c21-14-18(25)17(13-15-7-3-1-4-8-15)23-19-11-12-22-20(24-19)16-9-5-2-6-10-16/h1-12,17-18,25H,13-14,21H2,(H,22,23,24). The Morgan fingerprint density at radius 1 is 0.960 bits per heavy atom. The zero-order valence-electron chi connectivity index (χ0n) is 13.9. The van der Waals surface area contributed by atoms with Gasteiger partial charge in [-0.3, -0.25) is 0 Å². The summed E-state index contributed by atoms with van der Waals surface area (Å²) in [5.74, 6) is 1.31. The van der Waals surface area contributed by atoms with E-state index in [2.05, 4.69) is 15.3 Å². The monoisotopic (exact) mass is 334 g/mol. The van der Waals surface area contributed by atoms with E-state index in [4.69, 9.17) is 5.73 Å². The van der Waals surface area contributed by atoms with Crippen LogP contribution in [0.4, 0.5) is 5.82 Å². The fourth-order valence-electron chi connectivity index (χ4n) is 2.67. The van der Waals surface area contributed by atoms with Gasteiger partial charge in [0.25, 0.3) is 0 Å². The summed E-state index contributed by atoms with van der Waals surface area (Å²) < 4.78 is 0. The van der Waals surface area contributed by atoms with Crippen LogP contribution in [-0.2, 0) is 6.42 Å². The van der Waals surface area contributed by atoms with Gasteiger partial charge in [-0.25, -0.2) is 9.97 Å². The third kappa shape index (κ3) is 4.62. The Labute approximate surface area is 147 Å². The van der Waals surface area contributed by atoms with Crippen molar-refractivity contribution in [1.82, 2.24) is 9.97 Å². The van der Waals surface area contributed by atoms with Crippen molar-refractivity contribution in [2.24, 2.45) is 5.73 Å². The molecular weight excluding hydrogens is 312 g/mol. The Kier molecular flexibility index (Phi) is 5.72. The molecule has 1 aromatic heterocycles. The highest BCUT2D eigenvalue weighted by molar-refractivity contribution is 5.56. The number of nitrogens with two attached hydrogens (primary N) is 1. The van der Waals surface area contributed by atoms with Gasteiger partial charge in [-0.15, -0.1) is 0 Å². The Morgan fingerprint density at radius 2 is 1.64 bits per heavy atom. The quantitative estimate of drug-likeness (QED) is 0.618. The fourth-order valence-corrected chi connectivity index (χ4v) is 2.67. The molecule has 4 N–H and O–H groups in total. The van der Waals surface area contributed by atoms with Crippen molar-refractivity contribution in [3.8, 4) is 11.4 Å². The molecule has 0 saturated carbocycles. The van der Waals surface area contributed by atoms with Crippen molar-refractivity contribution < 1.29 is 5.11 Å². The van der Waals surface area contributed by atoms with Crippen LogP contribution in [0.2, 0.25) is 0 Å². The molecule has 2 unspecified atom stereocenters. The molecule has 128 valence electrons. The minimum absolute atomic E-state index is 0.182. The summed E-state index contributed by atoms with van der Waals surface area (Å²) >= 11 is 0. The molecule has 2 atom stereocenters. The zero-order valence-corrected chi connectivity index (χ0v) is 13.9. The lowest BCUT2D eigenvalue weighted by Gasteiger charge is -2.24. The molecule has 5 heteroatoms. The van der Waals surface area contributed by atoms with Crippen molar-refractivity contribution in [3.63, 3.8) is 0 Å². The van der Waals surface area contributed by atoms with Gasteiger partial charge < -0.3 is 16.2 Å². The Balaban J connectivity index is 1.80. The lowest BCUT2D eigenvalue weighted by Crippen LogP contribution is -2.40. The molecule has 0 aliphatic rings. The van der Waals surface area contributed by atoms with Gasteiger partial charge in [0.15, 0.2) is 5.82 Å². The number of aliphatic hydroxyl groups is 1. The highest BCUT2D eigenvalue weighted by atomic mass is 16.3. The summed E-state index contributed by atoms with van der Waals surface area (Å²) in [5, 5.41) is 13.6. The normalized spacial score (nSPS) is 13.2. The second-order valence-corrected chi connectivity index (χ2v) is 5.88. The molecule has 25 heavy (non-hydrogen) atoms. The maximum atomic E-state index is 10.3. The highest BCUT2D eigenvalue weighted by Gasteiger charge is 2.19. The molecule has 0 radical (unpaired) electrons. The van der Waals surface area contributed by atoms with Crippen LogP contribution in [0.3, 0.4) is 0 Å². The van der Waals surface area contributed by atoms with Crippen molar-refractivity contribution in [2.45, 2.75) is 18.6 Å². The number of hydrogen-bond acceptors (Lipinski definition) is 5. The van der Waals surface area contributed by atoms with Crippen LogP contribution in [0.5, 0.6) is 0 Å². The van der Waals surface area contributed by atoms with E-state index in [1.165, 1.54) is 0 Å². The van der Waals surface area contributed by atoms with Crippen LogP contribution >= 0.6 is 0 Å². The summed E-state index contributed by atoms with van der Waals surface area (Å²) in [6.07, 6.45) is 1.70. The van der Waals surface area contributed by atoms with Crippen LogP contribution < -0.4 is 11.1 Å². The van der Waals surface area contributed by atoms with Gasteiger partial charge in [-0.1, -0.05) is 60.7 Å². The van der Waals surface area contributed by atoms with Crippen LogP contribution in [0.15, 0.2) is 72.9 Å². The van der Waals surface area contributed by atoms with Gasteiger partial charge >= 0.3 is 0 Å². The SMILES string of the molecule is NCC(O)C(Cc1ccccc1)Nc1ccnc(-c2ccccc2)n1. The second-order valence-electron chi connectivity index (χ2n) is 5.88. The largest absolute Gasteiger partial charge is 0.390 e. The summed E-state index contributed by atoms with van der Waals surface area (Å²) in [6, 6.07) is 21.4. The molecule has 0 amide bonds.